The van der Waals surface area contributed by atoms with Crippen LogP contribution in [0.4, 0.5) is 13.2 Å². The number of fused-ring (bicyclic) bond motifs is 1. The van der Waals surface area contributed by atoms with Gasteiger partial charge in [-0.25, -0.2) is 0 Å². The monoisotopic (exact) mass is 343 g/mol. The van der Waals surface area contributed by atoms with Crippen LogP contribution in [0, 0.1) is 0 Å². The molecule has 0 spiro atoms. The van der Waals surface area contributed by atoms with E-state index in [0.29, 0.717) is 0 Å². The first-order valence-corrected chi connectivity index (χ1v) is 7.81. The Balaban J connectivity index is 1.75. The zero-order valence-corrected chi connectivity index (χ0v) is 13.5. The van der Waals surface area contributed by atoms with Crippen LogP contribution in [-0.2, 0) is 6.18 Å². The van der Waals surface area contributed by atoms with Crippen LogP contribution in [0.2, 0.25) is 0 Å². The Labute approximate surface area is 143 Å². The lowest BCUT2D eigenvalue weighted by Crippen LogP contribution is -2.26. The first kappa shape index (κ1) is 17.0. The average molecular weight is 343 g/mol. The van der Waals surface area contributed by atoms with Gasteiger partial charge in [-0.05, 0) is 53.6 Å². The minimum Gasteiger partial charge on any atom is -0.346 e. The molecule has 2 nitrogen and oxygen atoms in total. The van der Waals surface area contributed by atoms with Crippen molar-refractivity contribution in [2.24, 2.45) is 0 Å². The number of nitrogens with one attached hydrogen (secondary N) is 1. The van der Waals surface area contributed by atoms with Crippen molar-refractivity contribution in [3.05, 3.63) is 83.4 Å². The minimum absolute atomic E-state index is 0.195. The zero-order valence-electron chi connectivity index (χ0n) is 13.5. The molecule has 128 valence electrons. The Morgan fingerprint density at radius 1 is 0.920 bits per heavy atom. The molecule has 1 N–H and O–H groups in total. The molecule has 1 amide bonds. The molecule has 0 bridgehead atoms. The van der Waals surface area contributed by atoms with E-state index in [-0.39, 0.29) is 11.6 Å². The van der Waals surface area contributed by atoms with Crippen molar-refractivity contribution in [1.82, 2.24) is 5.32 Å². The molecule has 0 aliphatic heterocycles. The molecule has 1 atom stereocenters. The van der Waals surface area contributed by atoms with Crippen molar-refractivity contribution < 1.29 is 18.0 Å². The van der Waals surface area contributed by atoms with E-state index in [9.17, 15) is 18.0 Å². The van der Waals surface area contributed by atoms with Crippen molar-refractivity contribution in [3.8, 4) is 0 Å². The van der Waals surface area contributed by atoms with E-state index >= 15 is 0 Å². The summed E-state index contributed by atoms with van der Waals surface area (Å²) in [5, 5.41) is 4.98. The third kappa shape index (κ3) is 3.82. The minimum atomic E-state index is -4.41. The van der Waals surface area contributed by atoms with E-state index < -0.39 is 17.6 Å². The van der Waals surface area contributed by atoms with E-state index in [0.717, 1.165) is 28.5 Å². The molecular weight excluding hydrogens is 327 g/mol. The predicted octanol–water partition coefficient (Wildman–Crippen LogP) is 5.35. The van der Waals surface area contributed by atoms with Crippen LogP contribution in [0.5, 0.6) is 0 Å². The van der Waals surface area contributed by atoms with Gasteiger partial charge in [-0.2, -0.15) is 13.2 Å². The second-order valence-corrected chi connectivity index (χ2v) is 5.88. The van der Waals surface area contributed by atoms with E-state index in [1.807, 2.05) is 49.4 Å². The number of hydrogen-bond donors (Lipinski definition) is 1. The van der Waals surface area contributed by atoms with Gasteiger partial charge in [-0.3, -0.25) is 4.79 Å². The maximum Gasteiger partial charge on any atom is 0.416 e. The molecule has 25 heavy (non-hydrogen) atoms. The lowest BCUT2D eigenvalue weighted by atomic mass is 10.0. The third-order valence-electron chi connectivity index (χ3n) is 4.10. The molecule has 3 rings (SSSR count). The maximum absolute atomic E-state index is 12.6. The Bertz CT molecular complexity index is 901. The molecule has 0 aromatic heterocycles. The summed E-state index contributed by atoms with van der Waals surface area (Å²) in [6.45, 7) is 1.84. The molecule has 0 unspecified atom stereocenters. The predicted molar refractivity (Wildman–Crippen MR) is 91.3 cm³/mol. The molecule has 0 saturated carbocycles. The summed E-state index contributed by atoms with van der Waals surface area (Å²) < 4.78 is 37.7. The number of amides is 1. The standard InChI is InChI=1S/C20H16F3NO/c1-13(16-7-6-14-4-2-3-5-17(14)12-16)24-19(25)15-8-10-18(11-9-15)20(21,22)23/h2-13H,1H3,(H,24,25)/t13-/m1/s1. The molecule has 0 heterocycles. The molecule has 3 aromatic rings. The summed E-state index contributed by atoms with van der Waals surface area (Å²) in [4.78, 5) is 12.3. The summed E-state index contributed by atoms with van der Waals surface area (Å²) in [5.41, 5.74) is 0.353. The SMILES string of the molecule is C[C@@H](NC(=O)c1ccc(C(F)(F)F)cc1)c1ccc2ccccc2c1. The lowest BCUT2D eigenvalue weighted by Gasteiger charge is -2.15. The van der Waals surface area contributed by atoms with Crippen LogP contribution < -0.4 is 5.32 Å². The summed E-state index contributed by atoms with van der Waals surface area (Å²) >= 11 is 0. The number of benzene rings is 3. The highest BCUT2D eigenvalue weighted by Crippen LogP contribution is 2.29. The van der Waals surface area contributed by atoms with Crippen LogP contribution in [0.1, 0.15) is 34.5 Å². The highest BCUT2D eigenvalue weighted by atomic mass is 19.4. The normalized spacial score (nSPS) is 12.8. The molecule has 3 aromatic carbocycles. The molecule has 0 saturated heterocycles. The topological polar surface area (TPSA) is 29.1 Å². The molecule has 0 aliphatic carbocycles. The Morgan fingerprint density at radius 3 is 2.20 bits per heavy atom. The van der Waals surface area contributed by atoms with Gasteiger partial charge in [-0.1, -0.05) is 36.4 Å². The van der Waals surface area contributed by atoms with Gasteiger partial charge in [0.25, 0.3) is 5.91 Å². The van der Waals surface area contributed by atoms with Crippen molar-refractivity contribution in [2.75, 3.05) is 0 Å². The van der Waals surface area contributed by atoms with Gasteiger partial charge in [-0.15, -0.1) is 0 Å². The average Bonchev–Trinajstić information content (AvgIpc) is 2.60. The van der Waals surface area contributed by atoms with Crippen LogP contribution in [0.15, 0.2) is 66.7 Å². The molecule has 0 radical (unpaired) electrons. The fraction of sp³-hybridized carbons (Fsp3) is 0.150. The van der Waals surface area contributed by atoms with Gasteiger partial charge >= 0.3 is 6.18 Å². The number of carbonyl (C=O) groups is 1. The van der Waals surface area contributed by atoms with Crippen LogP contribution >= 0.6 is 0 Å². The first-order valence-electron chi connectivity index (χ1n) is 7.81. The smallest absolute Gasteiger partial charge is 0.346 e. The molecule has 0 fully saturated rings. The second-order valence-electron chi connectivity index (χ2n) is 5.88. The third-order valence-corrected chi connectivity index (χ3v) is 4.10. The van der Waals surface area contributed by atoms with Crippen molar-refractivity contribution in [3.63, 3.8) is 0 Å². The van der Waals surface area contributed by atoms with E-state index in [4.69, 9.17) is 0 Å². The summed E-state index contributed by atoms with van der Waals surface area (Å²) in [6, 6.07) is 17.7. The highest BCUT2D eigenvalue weighted by molar-refractivity contribution is 5.94. The molecule has 0 aliphatic rings. The summed E-state index contributed by atoms with van der Waals surface area (Å²) in [7, 11) is 0. The van der Waals surface area contributed by atoms with Gasteiger partial charge in [0.05, 0.1) is 11.6 Å². The van der Waals surface area contributed by atoms with Gasteiger partial charge in [0.15, 0.2) is 0 Å². The fourth-order valence-corrected chi connectivity index (χ4v) is 2.65. The number of halogens is 3. The van der Waals surface area contributed by atoms with E-state index in [1.165, 1.54) is 12.1 Å². The van der Waals surface area contributed by atoms with Crippen LogP contribution in [-0.4, -0.2) is 5.91 Å². The molecule has 5 heteroatoms. The Morgan fingerprint density at radius 2 is 1.56 bits per heavy atom. The van der Waals surface area contributed by atoms with Gasteiger partial charge < -0.3 is 5.32 Å². The Hall–Kier alpha value is -2.82. The van der Waals surface area contributed by atoms with E-state index in [2.05, 4.69) is 5.32 Å². The van der Waals surface area contributed by atoms with Crippen LogP contribution in [0.3, 0.4) is 0 Å². The van der Waals surface area contributed by atoms with Crippen molar-refractivity contribution in [2.45, 2.75) is 19.1 Å². The number of rotatable bonds is 3. The molecular formula is C20H16F3NO. The van der Waals surface area contributed by atoms with Gasteiger partial charge in [0, 0.05) is 5.56 Å². The number of hydrogen-bond acceptors (Lipinski definition) is 1. The van der Waals surface area contributed by atoms with Crippen molar-refractivity contribution in [1.29, 1.82) is 0 Å². The van der Waals surface area contributed by atoms with Crippen LogP contribution in [0.25, 0.3) is 10.8 Å². The Kier molecular flexibility index (Phi) is 4.49. The maximum atomic E-state index is 12.6. The summed E-state index contributed by atoms with van der Waals surface area (Å²) in [6.07, 6.45) is -4.41. The second kappa shape index (κ2) is 6.59. The lowest BCUT2D eigenvalue weighted by molar-refractivity contribution is -0.137. The first-order chi connectivity index (χ1) is 11.8. The fourth-order valence-electron chi connectivity index (χ4n) is 2.65. The van der Waals surface area contributed by atoms with E-state index in [1.54, 1.807) is 0 Å². The largest absolute Gasteiger partial charge is 0.416 e. The quantitative estimate of drug-likeness (QED) is 0.682. The van der Waals surface area contributed by atoms with Gasteiger partial charge in [0.2, 0.25) is 0 Å². The summed E-state index contributed by atoms with van der Waals surface area (Å²) in [5.74, 6) is -0.408. The number of carbonyl (C=O) groups excluding carboxylic acids is 1. The highest BCUT2D eigenvalue weighted by Gasteiger charge is 2.30. The van der Waals surface area contributed by atoms with Gasteiger partial charge in [0.1, 0.15) is 0 Å². The number of alkyl halides is 3. The zero-order chi connectivity index (χ0) is 18.0. The van der Waals surface area contributed by atoms with Crippen molar-refractivity contribution >= 4 is 16.7 Å².